The average Bonchev–Trinajstić information content (AvgIpc) is 2.43. The molecule has 1 nitrogen and oxygen atoms in total. The third kappa shape index (κ3) is 2.18. The summed E-state index contributed by atoms with van der Waals surface area (Å²) in [5.41, 5.74) is 1.21. The summed E-state index contributed by atoms with van der Waals surface area (Å²) in [7, 11) is 0. The lowest BCUT2D eigenvalue weighted by Crippen LogP contribution is -1.81. The van der Waals surface area contributed by atoms with Gasteiger partial charge in [0.1, 0.15) is 0 Å². The largest absolute Gasteiger partial charge is 0.246 e. The van der Waals surface area contributed by atoms with E-state index in [1.807, 2.05) is 17.4 Å². The number of rotatable bonds is 4. The van der Waals surface area contributed by atoms with Gasteiger partial charge < -0.3 is 0 Å². The van der Waals surface area contributed by atoms with Gasteiger partial charge in [-0.15, -0.1) is 17.9 Å². The van der Waals surface area contributed by atoms with Crippen molar-refractivity contribution in [3.63, 3.8) is 0 Å². The average molecular weight is 181 g/mol. The van der Waals surface area contributed by atoms with E-state index in [2.05, 4.69) is 25.4 Å². The van der Waals surface area contributed by atoms with Gasteiger partial charge in [0.15, 0.2) is 0 Å². The molecule has 1 aromatic rings. The lowest BCUT2D eigenvalue weighted by atomic mass is 10.3. The molecule has 1 rings (SSSR count). The number of aryl methyl sites for hydroxylation is 3. The van der Waals surface area contributed by atoms with Gasteiger partial charge in [-0.1, -0.05) is 13.0 Å². The van der Waals surface area contributed by atoms with Gasteiger partial charge in [-0.2, -0.15) is 0 Å². The van der Waals surface area contributed by atoms with Crippen molar-refractivity contribution in [2.45, 2.75) is 33.1 Å². The van der Waals surface area contributed by atoms with Gasteiger partial charge in [0.05, 0.1) is 10.7 Å². The van der Waals surface area contributed by atoms with Gasteiger partial charge in [-0.05, 0) is 19.8 Å². The molecular weight excluding hydrogens is 166 g/mol. The second-order valence-corrected chi connectivity index (χ2v) is 3.97. The SMILES string of the molecule is C=CCCc1nc(C)c(CC)s1. The highest BCUT2D eigenvalue weighted by atomic mass is 32.1. The predicted octanol–water partition coefficient (Wildman–Crippen LogP) is 3.13. The van der Waals surface area contributed by atoms with E-state index in [1.54, 1.807) is 0 Å². The van der Waals surface area contributed by atoms with E-state index in [0.717, 1.165) is 19.3 Å². The van der Waals surface area contributed by atoms with Crippen LogP contribution in [-0.4, -0.2) is 4.98 Å². The summed E-state index contributed by atoms with van der Waals surface area (Å²) >= 11 is 1.84. The first-order valence-corrected chi connectivity index (χ1v) is 5.15. The minimum absolute atomic E-state index is 1.04. The highest BCUT2D eigenvalue weighted by Crippen LogP contribution is 2.19. The van der Waals surface area contributed by atoms with E-state index in [4.69, 9.17) is 0 Å². The molecule has 1 heterocycles. The summed E-state index contributed by atoms with van der Waals surface area (Å²) in [4.78, 5) is 5.91. The summed E-state index contributed by atoms with van der Waals surface area (Å²) < 4.78 is 0. The first kappa shape index (κ1) is 9.46. The molecule has 0 saturated heterocycles. The van der Waals surface area contributed by atoms with Gasteiger partial charge in [0.2, 0.25) is 0 Å². The van der Waals surface area contributed by atoms with Crippen LogP contribution in [0.2, 0.25) is 0 Å². The molecule has 12 heavy (non-hydrogen) atoms. The van der Waals surface area contributed by atoms with Crippen LogP contribution >= 0.6 is 11.3 Å². The van der Waals surface area contributed by atoms with Crippen molar-refractivity contribution in [1.29, 1.82) is 0 Å². The second kappa shape index (κ2) is 4.41. The van der Waals surface area contributed by atoms with Crippen LogP contribution in [0.1, 0.15) is 28.9 Å². The zero-order valence-corrected chi connectivity index (χ0v) is 8.58. The Morgan fingerprint density at radius 2 is 2.33 bits per heavy atom. The van der Waals surface area contributed by atoms with Crippen LogP contribution in [0.15, 0.2) is 12.7 Å². The van der Waals surface area contributed by atoms with Crippen LogP contribution in [0.5, 0.6) is 0 Å². The minimum Gasteiger partial charge on any atom is -0.246 e. The smallest absolute Gasteiger partial charge is 0.0934 e. The van der Waals surface area contributed by atoms with E-state index < -0.39 is 0 Å². The number of hydrogen-bond donors (Lipinski definition) is 0. The first-order chi connectivity index (χ1) is 5.77. The fraction of sp³-hybridized carbons (Fsp3) is 0.500. The van der Waals surface area contributed by atoms with Gasteiger partial charge >= 0.3 is 0 Å². The van der Waals surface area contributed by atoms with Gasteiger partial charge in [-0.25, -0.2) is 4.98 Å². The lowest BCUT2D eigenvalue weighted by Gasteiger charge is -1.87. The fourth-order valence-electron chi connectivity index (χ4n) is 1.15. The van der Waals surface area contributed by atoms with Crippen LogP contribution in [0.3, 0.4) is 0 Å². The Labute approximate surface area is 78.2 Å². The van der Waals surface area contributed by atoms with Crippen LogP contribution in [-0.2, 0) is 12.8 Å². The minimum atomic E-state index is 1.04. The molecule has 0 aliphatic rings. The molecule has 0 fully saturated rings. The molecule has 0 aliphatic heterocycles. The first-order valence-electron chi connectivity index (χ1n) is 4.34. The number of thiazole rings is 1. The van der Waals surface area contributed by atoms with Crippen molar-refractivity contribution in [2.75, 3.05) is 0 Å². The third-order valence-electron chi connectivity index (χ3n) is 1.82. The number of hydrogen-bond acceptors (Lipinski definition) is 2. The number of aromatic nitrogens is 1. The summed E-state index contributed by atoms with van der Waals surface area (Å²) in [5.74, 6) is 0. The number of nitrogens with zero attached hydrogens (tertiary/aromatic N) is 1. The van der Waals surface area contributed by atoms with E-state index >= 15 is 0 Å². The van der Waals surface area contributed by atoms with Crippen molar-refractivity contribution in [3.8, 4) is 0 Å². The maximum atomic E-state index is 4.49. The molecule has 0 amide bonds. The Morgan fingerprint density at radius 3 is 2.83 bits per heavy atom. The van der Waals surface area contributed by atoms with Crippen molar-refractivity contribution < 1.29 is 0 Å². The quantitative estimate of drug-likeness (QED) is 0.650. The Hall–Kier alpha value is -0.630. The van der Waals surface area contributed by atoms with Gasteiger partial charge in [0, 0.05) is 11.3 Å². The normalized spacial score (nSPS) is 10.2. The van der Waals surface area contributed by atoms with Crippen LogP contribution in [0.25, 0.3) is 0 Å². The third-order valence-corrected chi connectivity index (χ3v) is 3.18. The van der Waals surface area contributed by atoms with Crippen molar-refractivity contribution >= 4 is 11.3 Å². The maximum absolute atomic E-state index is 4.49. The Bertz CT molecular complexity index is 263. The molecule has 0 aromatic carbocycles. The standard InChI is InChI=1S/C10H15NS/c1-4-6-7-10-11-8(3)9(5-2)12-10/h4H,1,5-7H2,2-3H3. The molecule has 0 spiro atoms. The van der Waals surface area contributed by atoms with E-state index in [9.17, 15) is 0 Å². The zero-order chi connectivity index (χ0) is 8.97. The van der Waals surface area contributed by atoms with E-state index in [-0.39, 0.29) is 0 Å². The predicted molar refractivity (Wildman–Crippen MR) is 54.7 cm³/mol. The molecule has 0 unspecified atom stereocenters. The molecule has 1 aromatic heterocycles. The van der Waals surface area contributed by atoms with Gasteiger partial charge in [0.25, 0.3) is 0 Å². The Morgan fingerprint density at radius 1 is 1.58 bits per heavy atom. The summed E-state index contributed by atoms with van der Waals surface area (Å²) in [6.45, 7) is 7.97. The zero-order valence-electron chi connectivity index (χ0n) is 7.76. The van der Waals surface area contributed by atoms with Gasteiger partial charge in [-0.3, -0.25) is 0 Å². The second-order valence-electron chi connectivity index (χ2n) is 2.80. The van der Waals surface area contributed by atoms with Crippen LogP contribution < -0.4 is 0 Å². The van der Waals surface area contributed by atoms with Crippen molar-refractivity contribution in [1.82, 2.24) is 4.98 Å². The molecule has 0 radical (unpaired) electrons. The van der Waals surface area contributed by atoms with Crippen molar-refractivity contribution in [2.24, 2.45) is 0 Å². The molecular formula is C10H15NS. The molecule has 0 aliphatic carbocycles. The lowest BCUT2D eigenvalue weighted by molar-refractivity contribution is 0.967. The molecule has 0 N–H and O–H groups in total. The molecule has 66 valence electrons. The number of allylic oxidation sites excluding steroid dienone is 1. The molecule has 2 heteroatoms. The Kier molecular flexibility index (Phi) is 3.48. The molecule has 0 bridgehead atoms. The molecule has 0 saturated carbocycles. The maximum Gasteiger partial charge on any atom is 0.0934 e. The van der Waals surface area contributed by atoms with E-state index in [1.165, 1.54) is 15.6 Å². The van der Waals surface area contributed by atoms with Crippen LogP contribution in [0.4, 0.5) is 0 Å². The summed E-state index contributed by atoms with van der Waals surface area (Å²) in [6.07, 6.45) is 5.14. The topological polar surface area (TPSA) is 12.9 Å². The highest BCUT2D eigenvalue weighted by Gasteiger charge is 2.03. The Balaban J connectivity index is 2.68. The highest BCUT2D eigenvalue weighted by molar-refractivity contribution is 7.11. The van der Waals surface area contributed by atoms with Crippen LogP contribution in [0, 0.1) is 6.92 Å². The van der Waals surface area contributed by atoms with Crippen molar-refractivity contribution in [3.05, 3.63) is 28.2 Å². The fourth-order valence-corrected chi connectivity index (χ4v) is 2.17. The van der Waals surface area contributed by atoms with E-state index in [0.29, 0.717) is 0 Å². The monoisotopic (exact) mass is 181 g/mol. The molecule has 0 atom stereocenters. The summed E-state index contributed by atoms with van der Waals surface area (Å²) in [5, 5.41) is 1.25. The summed E-state index contributed by atoms with van der Waals surface area (Å²) in [6, 6.07) is 0.